The Kier molecular flexibility index (Phi) is 3.77. The summed E-state index contributed by atoms with van der Waals surface area (Å²) in [6.45, 7) is 0. The van der Waals surface area contributed by atoms with Gasteiger partial charge in [0.15, 0.2) is 0 Å². The zero-order valence-corrected chi connectivity index (χ0v) is 8.53. The zero-order valence-electron chi connectivity index (χ0n) is 8.53. The third kappa shape index (κ3) is 2.89. The van der Waals surface area contributed by atoms with Crippen LogP contribution in [-0.4, -0.2) is 31.2 Å². The van der Waals surface area contributed by atoms with Gasteiger partial charge in [-0.15, -0.1) is 0 Å². The van der Waals surface area contributed by atoms with Crippen LogP contribution in [0.1, 0.15) is 25.7 Å². The maximum absolute atomic E-state index is 10.8. The number of hydrogen-bond acceptors (Lipinski definition) is 4. The van der Waals surface area contributed by atoms with Crippen molar-refractivity contribution in [2.75, 3.05) is 7.05 Å². The van der Waals surface area contributed by atoms with E-state index in [9.17, 15) is 9.59 Å². The minimum atomic E-state index is -0.502. The summed E-state index contributed by atoms with van der Waals surface area (Å²) in [4.78, 5) is 21.1. The lowest BCUT2D eigenvalue weighted by atomic mass is 9.93. The molecule has 0 heterocycles. The number of aldehydes is 2. The second kappa shape index (κ2) is 4.66. The monoisotopic (exact) mass is 198 g/mol. The second-order valence-electron chi connectivity index (χ2n) is 4.17. The van der Waals surface area contributed by atoms with Crippen LogP contribution in [-0.2, 0) is 9.59 Å². The molecule has 2 atom stereocenters. The van der Waals surface area contributed by atoms with Crippen molar-refractivity contribution in [3.63, 3.8) is 0 Å². The molecule has 0 spiro atoms. The predicted octanol–water partition coefficient (Wildman–Crippen LogP) is -0.140. The largest absolute Gasteiger partial charge is 0.322 e. The van der Waals surface area contributed by atoms with E-state index >= 15 is 0 Å². The Labute approximate surface area is 84.2 Å². The summed E-state index contributed by atoms with van der Waals surface area (Å²) in [6, 6.07) is -0.502. The van der Waals surface area contributed by atoms with Crippen molar-refractivity contribution in [1.29, 1.82) is 0 Å². The molecule has 1 aliphatic rings. The highest BCUT2D eigenvalue weighted by atomic mass is 16.1. The fourth-order valence-corrected chi connectivity index (χ4v) is 1.80. The molecule has 0 radical (unpaired) electrons. The van der Waals surface area contributed by atoms with Crippen molar-refractivity contribution < 1.29 is 9.59 Å². The average molecular weight is 198 g/mol. The van der Waals surface area contributed by atoms with Gasteiger partial charge in [-0.1, -0.05) is 0 Å². The Morgan fingerprint density at radius 3 is 2.43 bits per heavy atom. The van der Waals surface area contributed by atoms with Gasteiger partial charge in [-0.05, 0) is 32.7 Å². The van der Waals surface area contributed by atoms with Crippen molar-refractivity contribution >= 4 is 12.6 Å². The molecule has 0 amide bonds. The molecule has 4 heteroatoms. The average Bonchev–Trinajstić information content (AvgIpc) is 2.97. The highest BCUT2D eigenvalue weighted by Crippen LogP contribution is 2.40. The van der Waals surface area contributed by atoms with Gasteiger partial charge in [-0.2, -0.15) is 0 Å². The summed E-state index contributed by atoms with van der Waals surface area (Å²) in [5.74, 6) is -0.0925. The summed E-state index contributed by atoms with van der Waals surface area (Å²) >= 11 is 0. The van der Waals surface area contributed by atoms with Crippen LogP contribution in [0.5, 0.6) is 0 Å². The van der Waals surface area contributed by atoms with Crippen molar-refractivity contribution in [3.05, 3.63) is 0 Å². The van der Waals surface area contributed by atoms with Gasteiger partial charge < -0.3 is 20.6 Å². The van der Waals surface area contributed by atoms with Gasteiger partial charge in [-0.3, -0.25) is 0 Å². The van der Waals surface area contributed by atoms with E-state index in [0.29, 0.717) is 12.7 Å². The number of rotatable bonds is 7. The van der Waals surface area contributed by atoms with Crippen LogP contribution >= 0.6 is 0 Å². The molecule has 80 valence electrons. The van der Waals surface area contributed by atoms with Crippen LogP contribution in [0.15, 0.2) is 0 Å². The smallest absolute Gasteiger partial charge is 0.136 e. The van der Waals surface area contributed by atoms with Crippen LogP contribution in [0.2, 0.25) is 0 Å². The van der Waals surface area contributed by atoms with E-state index in [4.69, 9.17) is 5.73 Å². The SMILES string of the molecule is CNC1(CC(C=O)CC(N)C=O)CC1. The fraction of sp³-hybridized carbons (Fsp3) is 0.800. The number of nitrogens with one attached hydrogen (secondary N) is 1. The van der Waals surface area contributed by atoms with Crippen LogP contribution < -0.4 is 11.1 Å². The first-order valence-corrected chi connectivity index (χ1v) is 5.01. The highest BCUT2D eigenvalue weighted by Gasteiger charge is 2.42. The molecule has 1 saturated carbocycles. The van der Waals surface area contributed by atoms with Gasteiger partial charge in [0.25, 0.3) is 0 Å². The summed E-state index contributed by atoms with van der Waals surface area (Å²) in [5.41, 5.74) is 5.63. The molecule has 3 N–H and O–H groups in total. The van der Waals surface area contributed by atoms with E-state index in [1.165, 1.54) is 0 Å². The number of carbonyl (C=O) groups is 2. The maximum atomic E-state index is 10.8. The Balaban J connectivity index is 2.38. The van der Waals surface area contributed by atoms with Crippen LogP contribution in [0, 0.1) is 5.92 Å². The molecule has 1 fully saturated rings. The first-order chi connectivity index (χ1) is 6.65. The molecule has 4 nitrogen and oxygen atoms in total. The Morgan fingerprint density at radius 2 is 2.07 bits per heavy atom. The van der Waals surface area contributed by atoms with E-state index in [2.05, 4.69) is 5.32 Å². The molecule has 0 aliphatic heterocycles. The maximum Gasteiger partial charge on any atom is 0.136 e. The molecule has 1 aliphatic carbocycles. The minimum absolute atomic E-state index is 0.0925. The summed E-state index contributed by atoms with van der Waals surface area (Å²) in [7, 11) is 1.91. The molecule has 1 rings (SSSR count). The topological polar surface area (TPSA) is 72.2 Å². The normalized spacial score (nSPS) is 22.4. The summed E-state index contributed by atoms with van der Waals surface area (Å²) in [5, 5.41) is 3.22. The highest BCUT2D eigenvalue weighted by molar-refractivity contribution is 5.60. The van der Waals surface area contributed by atoms with Crippen LogP contribution in [0.25, 0.3) is 0 Å². The van der Waals surface area contributed by atoms with E-state index in [0.717, 1.165) is 25.5 Å². The molecule has 0 aromatic carbocycles. The Bertz CT molecular complexity index is 214. The van der Waals surface area contributed by atoms with Gasteiger partial charge in [-0.25, -0.2) is 0 Å². The molecular weight excluding hydrogens is 180 g/mol. The zero-order chi connectivity index (χ0) is 10.6. The molecule has 0 aromatic heterocycles. The predicted molar refractivity (Wildman–Crippen MR) is 53.9 cm³/mol. The van der Waals surface area contributed by atoms with Crippen molar-refractivity contribution in [2.45, 2.75) is 37.3 Å². The molecule has 14 heavy (non-hydrogen) atoms. The van der Waals surface area contributed by atoms with Gasteiger partial charge in [0, 0.05) is 11.5 Å². The lowest BCUT2D eigenvalue weighted by Gasteiger charge is -2.19. The van der Waals surface area contributed by atoms with Crippen LogP contribution in [0.3, 0.4) is 0 Å². The number of carbonyl (C=O) groups excluding carboxylic acids is 2. The lowest BCUT2D eigenvalue weighted by Crippen LogP contribution is -2.33. The molecular formula is C10H18N2O2. The van der Waals surface area contributed by atoms with Crippen molar-refractivity contribution in [2.24, 2.45) is 11.7 Å². The van der Waals surface area contributed by atoms with E-state index in [-0.39, 0.29) is 11.5 Å². The molecule has 2 unspecified atom stereocenters. The van der Waals surface area contributed by atoms with Gasteiger partial charge in [0.05, 0.1) is 6.04 Å². The standard InChI is InChI=1S/C10H18N2O2/c1-12-10(2-3-10)5-8(6-13)4-9(11)7-14/h6-9,12H,2-5,11H2,1H3. The molecule has 0 bridgehead atoms. The van der Waals surface area contributed by atoms with Gasteiger partial charge >= 0.3 is 0 Å². The number of nitrogens with two attached hydrogens (primary N) is 1. The van der Waals surface area contributed by atoms with Crippen LogP contribution in [0.4, 0.5) is 0 Å². The van der Waals surface area contributed by atoms with E-state index in [1.807, 2.05) is 7.05 Å². The van der Waals surface area contributed by atoms with E-state index < -0.39 is 6.04 Å². The Hall–Kier alpha value is -0.740. The molecule has 0 aromatic rings. The van der Waals surface area contributed by atoms with Gasteiger partial charge in [0.2, 0.25) is 0 Å². The summed E-state index contributed by atoms with van der Waals surface area (Å²) < 4.78 is 0. The lowest BCUT2D eigenvalue weighted by molar-refractivity contribution is -0.112. The fourth-order valence-electron chi connectivity index (χ4n) is 1.80. The summed E-state index contributed by atoms with van der Waals surface area (Å²) in [6.07, 6.45) is 5.12. The second-order valence-corrected chi connectivity index (χ2v) is 4.17. The van der Waals surface area contributed by atoms with Crippen molar-refractivity contribution in [1.82, 2.24) is 5.32 Å². The first kappa shape index (κ1) is 11.3. The van der Waals surface area contributed by atoms with Gasteiger partial charge in [0.1, 0.15) is 12.6 Å². The number of hydrogen-bond donors (Lipinski definition) is 2. The first-order valence-electron chi connectivity index (χ1n) is 5.01. The minimum Gasteiger partial charge on any atom is -0.322 e. The third-order valence-electron chi connectivity index (χ3n) is 2.98. The van der Waals surface area contributed by atoms with E-state index in [1.54, 1.807) is 0 Å². The Morgan fingerprint density at radius 1 is 1.43 bits per heavy atom. The van der Waals surface area contributed by atoms with Crippen molar-refractivity contribution in [3.8, 4) is 0 Å². The molecule has 0 saturated heterocycles. The quantitative estimate of drug-likeness (QED) is 0.558. The third-order valence-corrected chi connectivity index (χ3v) is 2.98.